The van der Waals surface area contributed by atoms with E-state index in [1.807, 2.05) is 36.4 Å². The lowest BCUT2D eigenvalue weighted by atomic mass is 9.65. The molecule has 2 aromatic carbocycles. The Balaban J connectivity index is 1.83. The van der Waals surface area contributed by atoms with Gasteiger partial charge in [0.05, 0.1) is 25.3 Å². The molecule has 2 aromatic rings. The van der Waals surface area contributed by atoms with Crippen molar-refractivity contribution in [1.29, 1.82) is 0 Å². The van der Waals surface area contributed by atoms with E-state index in [1.165, 1.54) is 0 Å². The molecule has 5 nitrogen and oxygen atoms in total. The summed E-state index contributed by atoms with van der Waals surface area (Å²) in [4.78, 5) is 14.0. The number of nitrogens with zero attached hydrogens (tertiary/aromatic N) is 1. The molecule has 27 heavy (non-hydrogen) atoms. The Labute approximate surface area is 160 Å². The van der Waals surface area contributed by atoms with E-state index in [2.05, 4.69) is 19.2 Å². The molecule has 0 aromatic heterocycles. The molecule has 2 aliphatic heterocycles. The van der Waals surface area contributed by atoms with Gasteiger partial charge >= 0.3 is 0 Å². The highest BCUT2D eigenvalue weighted by Gasteiger charge is 2.47. The van der Waals surface area contributed by atoms with Crippen molar-refractivity contribution in [2.24, 2.45) is 5.92 Å². The summed E-state index contributed by atoms with van der Waals surface area (Å²) in [5.74, 6) is 1.95. The van der Waals surface area contributed by atoms with Gasteiger partial charge in [0.1, 0.15) is 11.5 Å². The van der Waals surface area contributed by atoms with Gasteiger partial charge in [0.15, 0.2) is 0 Å². The standard InChI is InChI=1S/C22H26N2O3/c1-22(2)14-11-13(21(25)24(3)4)9-10-16(14)23-20-15(22)12-27-18-8-6-7-17(26-5)19(18)20/h6-11,15,20,23H,12H2,1-5H3/t15-,20+/m1/s1. The minimum Gasteiger partial charge on any atom is -0.496 e. The molecule has 5 heteroatoms. The molecular formula is C22H26N2O3. The monoisotopic (exact) mass is 366 g/mol. The van der Waals surface area contributed by atoms with Crippen molar-refractivity contribution in [2.75, 3.05) is 33.1 Å². The fourth-order valence-corrected chi connectivity index (χ4v) is 4.37. The molecule has 0 aliphatic carbocycles. The van der Waals surface area contributed by atoms with Crippen LogP contribution < -0.4 is 14.8 Å². The second kappa shape index (κ2) is 6.19. The van der Waals surface area contributed by atoms with Crippen molar-refractivity contribution in [1.82, 2.24) is 4.90 Å². The predicted octanol–water partition coefficient (Wildman–Crippen LogP) is 3.85. The minimum atomic E-state index is -0.160. The van der Waals surface area contributed by atoms with Crippen molar-refractivity contribution < 1.29 is 14.3 Å². The number of nitrogens with one attached hydrogen (secondary N) is 1. The highest BCUT2D eigenvalue weighted by molar-refractivity contribution is 5.94. The van der Waals surface area contributed by atoms with Crippen LogP contribution in [0.25, 0.3) is 0 Å². The SMILES string of the molecule is COc1cccc2c1[C@H]1Nc3ccc(C(=O)N(C)C)cc3C(C)(C)[C@@H]1CO2. The Morgan fingerprint density at radius 2 is 2.04 bits per heavy atom. The number of anilines is 1. The van der Waals surface area contributed by atoms with Gasteiger partial charge in [-0.25, -0.2) is 0 Å². The summed E-state index contributed by atoms with van der Waals surface area (Å²) in [6.45, 7) is 5.09. The average molecular weight is 366 g/mol. The zero-order valence-corrected chi connectivity index (χ0v) is 16.5. The van der Waals surface area contributed by atoms with Crippen LogP contribution in [0, 0.1) is 5.92 Å². The lowest BCUT2D eigenvalue weighted by Crippen LogP contribution is -2.46. The van der Waals surface area contributed by atoms with Crippen LogP contribution in [0.5, 0.6) is 11.5 Å². The first kappa shape index (κ1) is 17.7. The molecule has 0 saturated heterocycles. The summed E-state index contributed by atoms with van der Waals surface area (Å²) in [7, 11) is 5.25. The lowest BCUT2D eigenvalue weighted by Gasteiger charge is -2.48. The van der Waals surface area contributed by atoms with Gasteiger partial charge in [-0.2, -0.15) is 0 Å². The number of rotatable bonds is 2. The Morgan fingerprint density at radius 1 is 1.26 bits per heavy atom. The number of hydrogen-bond acceptors (Lipinski definition) is 4. The van der Waals surface area contributed by atoms with E-state index in [9.17, 15) is 4.79 Å². The molecule has 0 saturated carbocycles. The predicted molar refractivity (Wildman–Crippen MR) is 106 cm³/mol. The molecule has 4 rings (SSSR count). The first-order valence-electron chi connectivity index (χ1n) is 9.27. The molecule has 2 aliphatic rings. The number of carbonyl (C=O) groups is 1. The summed E-state index contributed by atoms with van der Waals surface area (Å²) in [6, 6.07) is 12.0. The van der Waals surface area contributed by atoms with E-state index in [1.54, 1.807) is 26.1 Å². The van der Waals surface area contributed by atoms with E-state index >= 15 is 0 Å². The van der Waals surface area contributed by atoms with E-state index < -0.39 is 0 Å². The van der Waals surface area contributed by atoms with Crippen LogP contribution in [0.4, 0.5) is 5.69 Å². The van der Waals surface area contributed by atoms with Crippen molar-refractivity contribution in [3.8, 4) is 11.5 Å². The fourth-order valence-electron chi connectivity index (χ4n) is 4.37. The van der Waals surface area contributed by atoms with Gasteiger partial charge in [0.2, 0.25) is 0 Å². The Morgan fingerprint density at radius 3 is 2.74 bits per heavy atom. The zero-order chi connectivity index (χ0) is 19.3. The maximum Gasteiger partial charge on any atom is 0.253 e. The molecule has 0 fully saturated rings. The third kappa shape index (κ3) is 2.64. The van der Waals surface area contributed by atoms with Gasteiger partial charge in [-0.1, -0.05) is 19.9 Å². The van der Waals surface area contributed by atoms with E-state index in [0.717, 1.165) is 28.3 Å². The molecule has 0 radical (unpaired) electrons. The fraction of sp³-hybridized carbons (Fsp3) is 0.409. The zero-order valence-electron chi connectivity index (χ0n) is 16.5. The van der Waals surface area contributed by atoms with Crippen LogP contribution in [0.3, 0.4) is 0 Å². The van der Waals surface area contributed by atoms with Crippen LogP contribution in [-0.4, -0.2) is 38.6 Å². The first-order chi connectivity index (χ1) is 12.8. The van der Waals surface area contributed by atoms with Gasteiger partial charge in [-0.15, -0.1) is 0 Å². The van der Waals surface area contributed by atoms with Crippen molar-refractivity contribution in [3.63, 3.8) is 0 Å². The largest absolute Gasteiger partial charge is 0.496 e. The molecule has 2 heterocycles. The highest BCUT2D eigenvalue weighted by atomic mass is 16.5. The summed E-state index contributed by atoms with van der Waals surface area (Å²) in [6.07, 6.45) is 0. The third-order valence-corrected chi connectivity index (χ3v) is 5.98. The number of hydrogen-bond donors (Lipinski definition) is 1. The van der Waals surface area contributed by atoms with Crippen molar-refractivity contribution >= 4 is 11.6 Å². The molecule has 0 bridgehead atoms. The van der Waals surface area contributed by atoms with E-state index in [-0.39, 0.29) is 23.3 Å². The van der Waals surface area contributed by atoms with Gasteiger partial charge in [0, 0.05) is 36.7 Å². The Bertz CT molecular complexity index is 890. The first-order valence-corrected chi connectivity index (χ1v) is 9.27. The van der Waals surface area contributed by atoms with Gasteiger partial charge in [0.25, 0.3) is 5.91 Å². The number of carbonyl (C=O) groups excluding carboxylic acids is 1. The van der Waals surface area contributed by atoms with E-state index in [4.69, 9.17) is 9.47 Å². The number of amides is 1. The summed E-state index contributed by atoms with van der Waals surface area (Å²) in [5, 5.41) is 3.70. The molecule has 142 valence electrons. The topological polar surface area (TPSA) is 50.8 Å². The van der Waals surface area contributed by atoms with Crippen LogP contribution in [-0.2, 0) is 5.41 Å². The summed E-state index contributed by atoms with van der Waals surface area (Å²) in [5.41, 5.74) is 3.84. The molecule has 1 amide bonds. The van der Waals surface area contributed by atoms with Crippen LogP contribution in [0.1, 0.15) is 41.4 Å². The maximum atomic E-state index is 12.4. The normalized spacial score (nSPS) is 21.7. The Hall–Kier alpha value is -2.69. The molecular weight excluding hydrogens is 340 g/mol. The summed E-state index contributed by atoms with van der Waals surface area (Å²) < 4.78 is 11.7. The smallest absolute Gasteiger partial charge is 0.253 e. The van der Waals surface area contributed by atoms with Gasteiger partial charge in [-0.05, 0) is 35.9 Å². The maximum absolute atomic E-state index is 12.4. The van der Waals surface area contributed by atoms with Gasteiger partial charge < -0.3 is 19.7 Å². The van der Waals surface area contributed by atoms with Gasteiger partial charge in [-0.3, -0.25) is 4.79 Å². The highest BCUT2D eigenvalue weighted by Crippen LogP contribution is 2.54. The quantitative estimate of drug-likeness (QED) is 0.877. The van der Waals surface area contributed by atoms with Crippen molar-refractivity contribution in [3.05, 3.63) is 53.1 Å². The molecule has 2 atom stereocenters. The number of benzene rings is 2. The Kier molecular flexibility index (Phi) is 4.06. The summed E-state index contributed by atoms with van der Waals surface area (Å²) >= 11 is 0. The van der Waals surface area contributed by atoms with Crippen LogP contribution in [0.2, 0.25) is 0 Å². The lowest BCUT2D eigenvalue weighted by molar-refractivity contribution is 0.0827. The van der Waals surface area contributed by atoms with E-state index in [0.29, 0.717) is 12.2 Å². The third-order valence-electron chi connectivity index (χ3n) is 5.98. The van der Waals surface area contributed by atoms with Crippen molar-refractivity contribution in [2.45, 2.75) is 25.3 Å². The second-order valence-electron chi connectivity index (χ2n) is 8.09. The van der Waals surface area contributed by atoms with Crippen LogP contribution in [0.15, 0.2) is 36.4 Å². The average Bonchev–Trinajstić information content (AvgIpc) is 2.66. The van der Waals surface area contributed by atoms with Crippen LogP contribution >= 0.6 is 0 Å². The molecule has 1 N–H and O–H groups in total. The number of methoxy groups -OCH3 is 1. The minimum absolute atomic E-state index is 0.0163. The molecule has 0 unspecified atom stereocenters. The second-order valence-corrected chi connectivity index (χ2v) is 8.09. The number of ether oxygens (including phenoxy) is 2. The molecule has 0 spiro atoms. The number of fused-ring (bicyclic) bond motifs is 4.